The van der Waals surface area contributed by atoms with Gasteiger partial charge in [-0.05, 0) is 41.8 Å². The highest BCUT2D eigenvalue weighted by atomic mass is 16.5. The van der Waals surface area contributed by atoms with Crippen LogP contribution in [0.1, 0.15) is 18.9 Å². The van der Waals surface area contributed by atoms with Gasteiger partial charge in [0, 0.05) is 6.42 Å². The second kappa shape index (κ2) is 8.77. The highest BCUT2D eigenvalue weighted by Gasteiger charge is 2.52. The third kappa shape index (κ3) is 3.94. The first-order valence-corrected chi connectivity index (χ1v) is 8.77. The molecule has 0 fully saturated rings. The average molecular weight is 400 g/mol. The van der Waals surface area contributed by atoms with Gasteiger partial charge in [0.1, 0.15) is 5.75 Å². The molecule has 0 radical (unpaired) electrons. The van der Waals surface area contributed by atoms with Crippen LogP contribution < -0.4 is 4.74 Å². The summed E-state index contributed by atoms with van der Waals surface area (Å²) in [5.41, 5.74) is 0.579. The molecule has 0 amide bonds. The lowest BCUT2D eigenvalue weighted by Crippen LogP contribution is -2.38. The number of esters is 3. The van der Waals surface area contributed by atoms with E-state index in [1.807, 2.05) is 0 Å². The van der Waals surface area contributed by atoms with Crippen LogP contribution in [-0.4, -0.2) is 46.3 Å². The van der Waals surface area contributed by atoms with Crippen molar-refractivity contribution in [2.75, 3.05) is 28.4 Å². The number of benzene rings is 1. The Balaban J connectivity index is 2.79. The second-order valence-electron chi connectivity index (χ2n) is 6.54. The summed E-state index contributed by atoms with van der Waals surface area (Å²) in [7, 11) is 5.18. The summed E-state index contributed by atoms with van der Waals surface area (Å²) in [6.07, 6.45) is 1.33. The minimum Gasteiger partial charge on any atom is -0.497 e. The van der Waals surface area contributed by atoms with Crippen molar-refractivity contribution in [3.63, 3.8) is 0 Å². The van der Waals surface area contributed by atoms with Crippen molar-refractivity contribution < 1.29 is 33.3 Å². The molecular weight excluding hydrogens is 376 g/mol. The minimum absolute atomic E-state index is 0.120. The van der Waals surface area contributed by atoms with Crippen LogP contribution in [0, 0.1) is 5.41 Å². The summed E-state index contributed by atoms with van der Waals surface area (Å²) in [6.45, 7) is 5.65. The van der Waals surface area contributed by atoms with Gasteiger partial charge in [-0.2, -0.15) is 0 Å². The van der Waals surface area contributed by atoms with Gasteiger partial charge in [-0.1, -0.05) is 24.3 Å². The number of carbonyl (C=O) groups excluding carboxylic acids is 3. The SMILES string of the molecule is C=C(C)C1=CC(C(=O)OC)(C(=O)OC)C/C1=C(/C(=O)OC)c1ccc(OC)cc1. The van der Waals surface area contributed by atoms with E-state index in [0.29, 0.717) is 28.0 Å². The summed E-state index contributed by atoms with van der Waals surface area (Å²) in [6, 6.07) is 6.80. The van der Waals surface area contributed by atoms with Gasteiger partial charge in [-0.3, -0.25) is 9.59 Å². The van der Waals surface area contributed by atoms with E-state index in [0.717, 1.165) is 0 Å². The molecule has 0 spiro atoms. The molecule has 0 aliphatic heterocycles. The van der Waals surface area contributed by atoms with Crippen molar-refractivity contribution >= 4 is 23.5 Å². The van der Waals surface area contributed by atoms with Crippen molar-refractivity contribution in [3.05, 3.63) is 59.2 Å². The zero-order valence-electron chi connectivity index (χ0n) is 17.2. The van der Waals surface area contributed by atoms with Crippen LogP contribution in [-0.2, 0) is 28.6 Å². The number of hydrogen-bond donors (Lipinski definition) is 0. The van der Waals surface area contributed by atoms with Crippen LogP contribution in [0.4, 0.5) is 0 Å². The Labute approximate surface area is 169 Å². The molecule has 154 valence electrons. The summed E-state index contributed by atoms with van der Waals surface area (Å²) in [5.74, 6) is -1.56. The first-order chi connectivity index (χ1) is 13.7. The van der Waals surface area contributed by atoms with Gasteiger partial charge in [0.2, 0.25) is 0 Å². The van der Waals surface area contributed by atoms with Crippen molar-refractivity contribution in [1.29, 1.82) is 0 Å². The highest BCUT2D eigenvalue weighted by Crippen LogP contribution is 2.47. The highest BCUT2D eigenvalue weighted by molar-refractivity contribution is 6.19. The molecule has 0 aromatic heterocycles. The number of methoxy groups -OCH3 is 4. The first kappa shape index (κ1) is 21.9. The summed E-state index contributed by atoms with van der Waals surface area (Å²) >= 11 is 0. The lowest BCUT2D eigenvalue weighted by atomic mass is 9.85. The van der Waals surface area contributed by atoms with Crippen molar-refractivity contribution in [2.24, 2.45) is 5.41 Å². The number of carbonyl (C=O) groups is 3. The monoisotopic (exact) mass is 400 g/mol. The average Bonchev–Trinajstić information content (AvgIpc) is 3.14. The first-order valence-electron chi connectivity index (χ1n) is 8.77. The fourth-order valence-electron chi connectivity index (χ4n) is 3.35. The lowest BCUT2D eigenvalue weighted by Gasteiger charge is -2.21. The standard InChI is InChI=1S/C22H24O7/c1-13(2)16-11-22(20(24)28-5,21(25)29-6)12-17(16)18(19(23)27-4)14-7-9-15(26-3)10-8-14/h7-11H,1,12H2,2-6H3/b18-17-. The van der Waals surface area contributed by atoms with Gasteiger partial charge in [0.05, 0.1) is 34.0 Å². The number of allylic oxidation sites excluding steroid dienone is 3. The van der Waals surface area contributed by atoms with Crippen LogP contribution >= 0.6 is 0 Å². The van der Waals surface area contributed by atoms with E-state index in [2.05, 4.69) is 6.58 Å². The molecule has 29 heavy (non-hydrogen) atoms. The van der Waals surface area contributed by atoms with Crippen molar-refractivity contribution in [1.82, 2.24) is 0 Å². The van der Waals surface area contributed by atoms with E-state index in [4.69, 9.17) is 18.9 Å². The predicted octanol–water partition coefficient (Wildman–Crippen LogP) is 2.86. The Morgan fingerprint density at radius 2 is 1.48 bits per heavy atom. The molecule has 1 aromatic rings. The van der Waals surface area contributed by atoms with E-state index in [-0.39, 0.29) is 12.0 Å². The molecule has 1 aromatic carbocycles. The molecule has 0 unspecified atom stereocenters. The molecule has 7 nitrogen and oxygen atoms in total. The molecule has 1 aliphatic rings. The topological polar surface area (TPSA) is 88.1 Å². The largest absolute Gasteiger partial charge is 0.497 e. The Hall–Kier alpha value is -3.35. The van der Waals surface area contributed by atoms with E-state index >= 15 is 0 Å². The fourth-order valence-corrected chi connectivity index (χ4v) is 3.35. The quantitative estimate of drug-likeness (QED) is 0.314. The summed E-state index contributed by atoms with van der Waals surface area (Å²) < 4.78 is 19.9. The van der Waals surface area contributed by atoms with E-state index in [1.54, 1.807) is 31.2 Å². The third-order valence-corrected chi connectivity index (χ3v) is 4.80. The molecule has 0 atom stereocenters. The van der Waals surface area contributed by atoms with Crippen molar-refractivity contribution in [3.8, 4) is 5.75 Å². The Kier molecular flexibility index (Phi) is 6.64. The summed E-state index contributed by atoms with van der Waals surface area (Å²) in [5, 5.41) is 0. The lowest BCUT2D eigenvalue weighted by molar-refractivity contribution is -0.164. The maximum Gasteiger partial charge on any atom is 0.338 e. The van der Waals surface area contributed by atoms with Crippen LogP contribution in [0.5, 0.6) is 5.75 Å². The summed E-state index contributed by atoms with van der Waals surface area (Å²) in [4.78, 5) is 37.9. The Morgan fingerprint density at radius 3 is 1.90 bits per heavy atom. The Morgan fingerprint density at radius 1 is 0.931 bits per heavy atom. The molecule has 0 heterocycles. The molecule has 0 bridgehead atoms. The smallest absolute Gasteiger partial charge is 0.338 e. The van der Waals surface area contributed by atoms with Crippen LogP contribution in [0.3, 0.4) is 0 Å². The van der Waals surface area contributed by atoms with Crippen molar-refractivity contribution in [2.45, 2.75) is 13.3 Å². The molecule has 7 heteroatoms. The van der Waals surface area contributed by atoms with Gasteiger partial charge in [0.15, 0.2) is 5.41 Å². The molecule has 0 saturated heterocycles. The number of rotatable bonds is 6. The van der Waals surface area contributed by atoms with E-state index in [9.17, 15) is 14.4 Å². The van der Waals surface area contributed by atoms with Crippen LogP contribution in [0.25, 0.3) is 5.57 Å². The molecule has 2 rings (SSSR count). The molecule has 0 saturated carbocycles. The van der Waals surface area contributed by atoms with E-state index in [1.165, 1.54) is 34.5 Å². The third-order valence-electron chi connectivity index (χ3n) is 4.80. The normalized spacial score (nSPS) is 16.4. The maximum absolute atomic E-state index is 12.7. The number of hydrogen-bond acceptors (Lipinski definition) is 7. The molecular formula is C22H24O7. The minimum atomic E-state index is -1.71. The van der Waals surface area contributed by atoms with E-state index < -0.39 is 23.3 Å². The fraction of sp³-hybridized carbons (Fsp3) is 0.318. The zero-order chi connectivity index (χ0) is 21.8. The Bertz CT molecular complexity index is 888. The number of ether oxygens (including phenoxy) is 4. The molecule has 0 N–H and O–H groups in total. The van der Waals surface area contributed by atoms with Gasteiger partial charge >= 0.3 is 17.9 Å². The van der Waals surface area contributed by atoms with Gasteiger partial charge in [0.25, 0.3) is 0 Å². The van der Waals surface area contributed by atoms with Gasteiger partial charge in [-0.15, -0.1) is 0 Å². The second-order valence-corrected chi connectivity index (χ2v) is 6.54. The van der Waals surface area contributed by atoms with Crippen LogP contribution in [0.2, 0.25) is 0 Å². The maximum atomic E-state index is 12.7. The van der Waals surface area contributed by atoms with Crippen LogP contribution in [0.15, 0.2) is 53.6 Å². The molecule has 1 aliphatic carbocycles. The van der Waals surface area contributed by atoms with Gasteiger partial charge < -0.3 is 18.9 Å². The zero-order valence-corrected chi connectivity index (χ0v) is 17.2. The predicted molar refractivity (Wildman–Crippen MR) is 106 cm³/mol. The van der Waals surface area contributed by atoms with Gasteiger partial charge in [-0.25, -0.2) is 4.79 Å².